The monoisotopic (exact) mass is 364 g/mol. The van der Waals surface area contributed by atoms with Gasteiger partial charge in [-0.05, 0) is 48.4 Å². The Morgan fingerprint density at radius 1 is 1.00 bits per heavy atom. The SMILES string of the molecule is CC(C)[Si](C(C)C)(C(C)C)n1cc(CN(C)C)c2c(Cl)cccc21. The molecule has 0 aliphatic rings. The van der Waals surface area contributed by atoms with Crippen LogP contribution in [0.5, 0.6) is 0 Å². The average molecular weight is 365 g/mol. The second kappa shape index (κ2) is 7.23. The number of benzene rings is 1. The van der Waals surface area contributed by atoms with Gasteiger partial charge in [0.1, 0.15) is 0 Å². The van der Waals surface area contributed by atoms with Crippen molar-refractivity contribution in [3.05, 3.63) is 35.0 Å². The van der Waals surface area contributed by atoms with E-state index in [4.69, 9.17) is 11.6 Å². The molecule has 1 heterocycles. The summed E-state index contributed by atoms with van der Waals surface area (Å²) in [4.78, 5) is 2.23. The summed E-state index contributed by atoms with van der Waals surface area (Å²) in [7, 11) is 2.46. The van der Waals surface area contributed by atoms with Crippen molar-refractivity contribution in [3.8, 4) is 0 Å². The summed E-state index contributed by atoms with van der Waals surface area (Å²) in [5.41, 5.74) is 4.67. The van der Waals surface area contributed by atoms with Gasteiger partial charge in [0.15, 0.2) is 8.24 Å². The fourth-order valence-corrected chi connectivity index (χ4v) is 11.9. The van der Waals surface area contributed by atoms with Gasteiger partial charge < -0.3 is 9.13 Å². The van der Waals surface area contributed by atoms with E-state index in [0.29, 0.717) is 16.6 Å². The summed E-state index contributed by atoms with van der Waals surface area (Å²) in [6.45, 7) is 15.4. The third-order valence-corrected chi connectivity index (χ3v) is 12.6. The molecule has 0 unspecified atom stereocenters. The van der Waals surface area contributed by atoms with E-state index in [1.54, 1.807) is 0 Å². The van der Waals surface area contributed by atoms with Gasteiger partial charge in [0.05, 0.1) is 5.02 Å². The normalized spacial score (nSPS) is 13.2. The van der Waals surface area contributed by atoms with Crippen molar-refractivity contribution < 1.29 is 0 Å². The fourth-order valence-electron chi connectivity index (χ4n) is 4.94. The number of fused-ring (bicyclic) bond motifs is 1. The molecule has 0 saturated heterocycles. The van der Waals surface area contributed by atoms with Crippen LogP contribution in [0.15, 0.2) is 24.4 Å². The molecular weight excluding hydrogens is 332 g/mol. The van der Waals surface area contributed by atoms with Gasteiger partial charge in [0.25, 0.3) is 0 Å². The van der Waals surface area contributed by atoms with Gasteiger partial charge in [-0.2, -0.15) is 0 Å². The molecule has 2 nitrogen and oxygen atoms in total. The Kier molecular flexibility index (Phi) is 5.89. The number of hydrogen-bond donors (Lipinski definition) is 0. The number of hydrogen-bond acceptors (Lipinski definition) is 1. The van der Waals surface area contributed by atoms with Gasteiger partial charge in [0, 0.05) is 23.6 Å². The van der Waals surface area contributed by atoms with E-state index in [-0.39, 0.29) is 0 Å². The van der Waals surface area contributed by atoms with Crippen molar-refractivity contribution in [2.45, 2.75) is 64.7 Å². The first kappa shape index (κ1) is 19.6. The molecule has 1 aromatic heterocycles. The Hall–Kier alpha value is -0.773. The van der Waals surface area contributed by atoms with Crippen molar-refractivity contribution in [1.82, 2.24) is 9.13 Å². The van der Waals surface area contributed by atoms with E-state index >= 15 is 0 Å². The molecule has 0 aliphatic carbocycles. The van der Waals surface area contributed by atoms with Crippen molar-refractivity contribution in [2.75, 3.05) is 14.1 Å². The summed E-state index contributed by atoms with van der Waals surface area (Å²) in [5, 5.41) is 2.12. The van der Waals surface area contributed by atoms with Crippen LogP contribution in [0, 0.1) is 0 Å². The van der Waals surface area contributed by atoms with E-state index in [2.05, 4.69) is 83.1 Å². The summed E-state index contributed by atoms with van der Waals surface area (Å²) in [6, 6.07) is 6.38. The zero-order chi connectivity index (χ0) is 18.2. The van der Waals surface area contributed by atoms with Crippen LogP contribution >= 0.6 is 11.6 Å². The average Bonchev–Trinajstić information content (AvgIpc) is 2.78. The van der Waals surface area contributed by atoms with Gasteiger partial charge in [-0.1, -0.05) is 59.2 Å². The van der Waals surface area contributed by atoms with Crippen molar-refractivity contribution >= 4 is 30.7 Å². The number of rotatable bonds is 6. The fraction of sp³-hybridized carbons (Fsp3) is 0.600. The lowest BCUT2D eigenvalue weighted by atomic mass is 10.1. The van der Waals surface area contributed by atoms with Crippen molar-refractivity contribution in [3.63, 3.8) is 0 Å². The van der Waals surface area contributed by atoms with Crippen LogP contribution in [0.3, 0.4) is 0 Å². The van der Waals surface area contributed by atoms with Crippen LogP contribution < -0.4 is 0 Å². The maximum Gasteiger partial charge on any atom is 0.169 e. The molecule has 0 N–H and O–H groups in total. The van der Waals surface area contributed by atoms with Gasteiger partial charge in [-0.15, -0.1) is 0 Å². The smallest absolute Gasteiger partial charge is 0.169 e. The van der Waals surface area contributed by atoms with Crippen LogP contribution in [0.25, 0.3) is 10.9 Å². The molecule has 0 fully saturated rings. The second-order valence-corrected chi connectivity index (χ2v) is 14.4. The first-order valence-corrected chi connectivity index (χ1v) is 11.6. The largest absolute Gasteiger partial charge is 0.373 e. The zero-order valence-electron chi connectivity index (χ0n) is 16.5. The molecule has 0 atom stereocenters. The summed E-state index contributed by atoms with van der Waals surface area (Å²) in [5.74, 6) is 0. The predicted molar refractivity (Wildman–Crippen MR) is 111 cm³/mol. The lowest BCUT2D eigenvalue weighted by Crippen LogP contribution is -2.51. The predicted octanol–water partition coefficient (Wildman–Crippen LogP) is 6.38. The second-order valence-electron chi connectivity index (χ2n) is 8.25. The molecule has 0 amide bonds. The highest BCUT2D eigenvalue weighted by molar-refractivity contribution is 6.82. The van der Waals surface area contributed by atoms with E-state index in [1.807, 2.05) is 6.07 Å². The minimum absolute atomic E-state index is 0.666. The Bertz CT molecular complexity index is 679. The molecule has 2 rings (SSSR count). The third kappa shape index (κ3) is 3.07. The minimum atomic E-state index is -1.78. The Morgan fingerprint density at radius 2 is 1.54 bits per heavy atom. The van der Waals surface area contributed by atoms with Gasteiger partial charge in [0.2, 0.25) is 0 Å². The van der Waals surface area contributed by atoms with E-state index < -0.39 is 8.24 Å². The van der Waals surface area contributed by atoms with Gasteiger partial charge in [-0.25, -0.2) is 0 Å². The highest BCUT2D eigenvalue weighted by Gasteiger charge is 2.46. The quantitative estimate of drug-likeness (QED) is 0.540. The first-order chi connectivity index (χ1) is 11.1. The Morgan fingerprint density at radius 3 is 2.00 bits per heavy atom. The summed E-state index contributed by atoms with van der Waals surface area (Å²) < 4.78 is 2.67. The molecule has 0 bridgehead atoms. The molecule has 0 saturated carbocycles. The molecule has 0 aliphatic heterocycles. The molecule has 24 heavy (non-hydrogen) atoms. The highest BCUT2D eigenvalue weighted by Crippen LogP contribution is 2.45. The topological polar surface area (TPSA) is 8.17 Å². The van der Waals surface area contributed by atoms with Crippen molar-refractivity contribution in [1.29, 1.82) is 0 Å². The molecule has 134 valence electrons. The highest BCUT2D eigenvalue weighted by atomic mass is 35.5. The lowest BCUT2D eigenvalue weighted by molar-refractivity contribution is 0.404. The number of aromatic nitrogens is 1. The molecule has 4 heteroatoms. The maximum atomic E-state index is 6.63. The molecular formula is C20H33ClN2Si. The van der Waals surface area contributed by atoms with Gasteiger partial charge >= 0.3 is 0 Å². The standard InChI is InChI=1S/C20H33ClN2Si/c1-14(2)24(15(3)4,16(5)6)23-13-17(12-22(7)8)20-18(21)10-9-11-19(20)23/h9-11,13-16H,12H2,1-8H3. The number of halogens is 1. The zero-order valence-corrected chi connectivity index (χ0v) is 18.3. The van der Waals surface area contributed by atoms with E-state index in [9.17, 15) is 0 Å². The minimum Gasteiger partial charge on any atom is -0.373 e. The maximum absolute atomic E-state index is 6.63. The molecule has 1 aromatic carbocycles. The molecule has 2 aromatic rings. The molecule has 0 radical (unpaired) electrons. The molecule has 0 spiro atoms. The van der Waals surface area contributed by atoms with E-state index in [0.717, 1.165) is 11.6 Å². The first-order valence-electron chi connectivity index (χ1n) is 9.07. The van der Waals surface area contributed by atoms with E-state index in [1.165, 1.54) is 16.5 Å². The Balaban J connectivity index is 2.86. The van der Waals surface area contributed by atoms with Crippen LogP contribution in [0.1, 0.15) is 47.1 Å². The number of nitrogens with zero attached hydrogens (tertiary/aromatic N) is 2. The third-order valence-electron chi connectivity index (χ3n) is 5.54. The van der Waals surface area contributed by atoms with Crippen LogP contribution in [-0.4, -0.2) is 31.5 Å². The summed E-state index contributed by atoms with van der Waals surface area (Å²) >= 11 is 6.63. The van der Waals surface area contributed by atoms with Crippen LogP contribution in [0.2, 0.25) is 21.6 Å². The van der Waals surface area contributed by atoms with Crippen LogP contribution in [-0.2, 0) is 6.54 Å². The lowest BCUT2D eigenvalue weighted by Gasteiger charge is -2.44. The summed E-state index contributed by atoms with van der Waals surface area (Å²) in [6.07, 6.45) is 2.42. The Labute approximate surface area is 153 Å². The van der Waals surface area contributed by atoms with Crippen LogP contribution in [0.4, 0.5) is 0 Å². The van der Waals surface area contributed by atoms with Gasteiger partial charge in [-0.3, -0.25) is 0 Å². The van der Waals surface area contributed by atoms with Crippen molar-refractivity contribution in [2.24, 2.45) is 0 Å².